The Morgan fingerprint density at radius 3 is 2.55 bits per heavy atom. The van der Waals surface area contributed by atoms with Crippen molar-refractivity contribution in [1.82, 2.24) is 0 Å². The van der Waals surface area contributed by atoms with Crippen molar-refractivity contribution >= 4 is 33.2 Å². The molecule has 1 amide bonds. The zero-order valence-electron chi connectivity index (χ0n) is 10.9. The van der Waals surface area contributed by atoms with Crippen LogP contribution in [0, 0.1) is 5.82 Å². The van der Waals surface area contributed by atoms with E-state index in [2.05, 4.69) is 26.6 Å². The molecule has 0 bridgehead atoms. The van der Waals surface area contributed by atoms with Crippen molar-refractivity contribution in [2.75, 3.05) is 17.2 Å². The number of carbonyl (C=O) groups excluding carboxylic acids is 1. The van der Waals surface area contributed by atoms with E-state index in [1.54, 1.807) is 18.2 Å². The molecule has 104 valence electrons. The summed E-state index contributed by atoms with van der Waals surface area (Å²) in [5, 5.41) is 5.70. The number of benzene rings is 2. The van der Waals surface area contributed by atoms with Crippen LogP contribution in [0.5, 0.6) is 0 Å². The molecule has 2 rings (SSSR count). The first-order valence-electron chi connectivity index (χ1n) is 6.20. The fourth-order valence-corrected chi connectivity index (χ4v) is 2.09. The van der Waals surface area contributed by atoms with Gasteiger partial charge in [0.1, 0.15) is 5.82 Å². The smallest absolute Gasteiger partial charge is 0.255 e. The van der Waals surface area contributed by atoms with Crippen LogP contribution >= 0.6 is 15.9 Å². The lowest BCUT2D eigenvalue weighted by atomic mass is 10.2. The van der Waals surface area contributed by atoms with Gasteiger partial charge in [-0.15, -0.1) is 0 Å². The van der Waals surface area contributed by atoms with Crippen LogP contribution in [0.1, 0.15) is 17.3 Å². The second-order valence-electron chi connectivity index (χ2n) is 4.19. The van der Waals surface area contributed by atoms with Gasteiger partial charge in [0, 0.05) is 22.3 Å². The summed E-state index contributed by atoms with van der Waals surface area (Å²) < 4.78 is 14.3. The molecule has 0 aliphatic rings. The Hall–Kier alpha value is -1.88. The Balaban J connectivity index is 2.13. The van der Waals surface area contributed by atoms with Gasteiger partial charge in [0.15, 0.2) is 0 Å². The van der Waals surface area contributed by atoms with Gasteiger partial charge in [-0.1, -0.05) is 15.9 Å². The Morgan fingerprint density at radius 2 is 1.90 bits per heavy atom. The van der Waals surface area contributed by atoms with Gasteiger partial charge >= 0.3 is 0 Å². The van der Waals surface area contributed by atoms with Crippen molar-refractivity contribution in [3.63, 3.8) is 0 Å². The first-order chi connectivity index (χ1) is 9.60. The minimum Gasteiger partial charge on any atom is -0.385 e. The van der Waals surface area contributed by atoms with Crippen molar-refractivity contribution < 1.29 is 9.18 Å². The Labute approximate surface area is 125 Å². The summed E-state index contributed by atoms with van der Waals surface area (Å²) in [7, 11) is 0. The highest BCUT2D eigenvalue weighted by molar-refractivity contribution is 9.10. The van der Waals surface area contributed by atoms with Crippen LogP contribution in [0.15, 0.2) is 46.9 Å². The van der Waals surface area contributed by atoms with Crippen LogP contribution in [-0.4, -0.2) is 12.5 Å². The average molecular weight is 337 g/mol. The van der Waals surface area contributed by atoms with Crippen LogP contribution < -0.4 is 10.6 Å². The molecule has 0 unspecified atom stereocenters. The van der Waals surface area contributed by atoms with E-state index in [0.717, 1.165) is 12.2 Å². The molecule has 2 aromatic rings. The highest BCUT2D eigenvalue weighted by atomic mass is 79.9. The topological polar surface area (TPSA) is 41.1 Å². The molecule has 0 saturated heterocycles. The number of anilines is 2. The number of hydrogen-bond acceptors (Lipinski definition) is 2. The molecule has 0 spiro atoms. The van der Waals surface area contributed by atoms with Crippen LogP contribution in [-0.2, 0) is 0 Å². The van der Waals surface area contributed by atoms with Crippen LogP contribution in [0.25, 0.3) is 0 Å². The van der Waals surface area contributed by atoms with Crippen molar-refractivity contribution in [2.45, 2.75) is 6.92 Å². The van der Waals surface area contributed by atoms with Gasteiger partial charge in [-0.3, -0.25) is 4.79 Å². The molecule has 0 aliphatic heterocycles. The molecule has 20 heavy (non-hydrogen) atoms. The lowest BCUT2D eigenvalue weighted by Crippen LogP contribution is -2.13. The van der Waals surface area contributed by atoms with E-state index in [-0.39, 0.29) is 11.6 Å². The van der Waals surface area contributed by atoms with E-state index in [1.165, 1.54) is 12.1 Å². The third-order valence-corrected chi connectivity index (χ3v) is 3.20. The summed E-state index contributed by atoms with van der Waals surface area (Å²) in [6.07, 6.45) is 0. The largest absolute Gasteiger partial charge is 0.385 e. The maximum Gasteiger partial charge on any atom is 0.255 e. The van der Waals surface area contributed by atoms with Crippen LogP contribution in [0.3, 0.4) is 0 Å². The summed E-state index contributed by atoms with van der Waals surface area (Å²) >= 11 is 3.24. The van der Waals surface area contributed by atoms with E-state index in [9.17, 15) is 9.18 Å². The summed E-state index contributed by atoms with van der Waals surface area (Å²) in [5.41, 5.74) is 1.57. The zero-order valence-corrected chi connectivity index (χ0v) is 12.5. The number of rotatable bonds is 4. The van der Waals surface area contributed by atoms with E-state index in [0.29, 0.717) is 10.0 Å². The SMILES string of the molecule is CCNc1ccc(C(=O)Nc2cc(Br)ccc2F)cc1. The standard InChI is InChI=1S/C15H14BrFN2O/c1-2-18-12-6-3-10(4-7-12)15(20)19-14-9-11(16)5-8-13(14)17/h3-9,18H,2H2,1H3,(H,19,20). The molecule has 2 N–H and O–H groups in total. The van der Waals surface area contributed by atoms with Gasteiger partial charge in [0.2, 0.25) is 0 Å². The third kappa shape index (κ3) is 3.57. The maximum absolute atomic E-state index is 13.6. The molecule has 0 aromatic heterocycles. The summed E-state index contributed by atoms with van der Waals surface area (Å²) in [4.78, 5) is 12.0. The first kappa shape index (κ1) is 14.5. The van der Waals surface area contributed by atoms with E-state index < -0.39 is 5.82 Å². The second-order valence-corrected chi connectivity index (χ2v) is 5.10. The number of carbonyl (C=O) groups is 1. The molecule has 5 heteroatoms. The van der Waals surface area contributed by atoms with E-state index >= 15 is 0 Å². The first-order valence-corrected chi connectivity index (χ1v) is 7.00. The highest BCUT2D eigenvalue weighted by Crippen LogP contribution is 2.21. The number of nitrogens with one attached hydrogen (secondary N) is 2. The molecule has 0 atom stereocenters. The van der Waals surface area contributed by atoms with Gasteiger partial charge in [-0.05, 0) is 49.4 Å². The predicted molar refractivity (Wildman–Crippen MR) is 82.7 cm³/mol. The molecule has 0 aliphatic carbocycles. The molecule has 3 nitrogen and oxygen atoms in total. The summed E-state index contributed by atoms with van der Waals surface area (Å²) in [5.74, 6) is -0.809. The van der Waals surface area contributed by atoms with E-state index in [1.807, 2.05) is 19.1 Å². The monoisotopic (exact) mass is 336 g/mol. The van der Waals surface area contributed by atoms with Crippen molar-refractivity contribution in [2.24, 2.45) is 0 Å². The molecule has 2 aromatic carbocycles. The Morgan fingerprint density at radius 1 is 1.20 bits per heavy atom. The Kier molecular flexibility index (Phi) is 4.74. The summed E-state index contributed by atoms with van der Waals surface area (Å²) in [6.45, 7) is 2.81. The van der Waals surface area contributed by atoms with Gasteiger partial charge < -0.3 is 10.6 Å². The Bertz CT molecular complexity index is 614. The molecular weight excluding hydrogens is 323 g/mol. The molecule has 0 fully saturated rings. The lowest BCUT2D eigenvalue weighted by molar-refractivity contribution is 0.102. The zero-order chi connectivity index (χ0) is 14.5. The predicted octanol–water partition coefficient (Wildman–Crippen LogP) is 4.27. The fraction of sp³-hybridized carbons (Fsp3) is 0.133. The van der Waals surface area contributed by atoms with Gasteiger partial charge in [-0.2, -0.15) is 0 Å². The van der Waals surface area contributed by atoms with Crippen molar-refractivity contribution in [1.29, 1.82) is 0 Å². The minimum absolute atomic E-state index is 0.153. The number of hydrogen-bond donors (Lipinski definition) is 2. The van der Waals surface area contributed by atoms with Gasteiger partial charge in [0.25, 0.3) is 5.91 Å². The lowest BCUT2D eigenvalue weighted by Gasteiger charge is -2.08. The third-order valence-electron chi connectivity index (χ3n) is 2.70. The van der Waals surface area contributed by atoms with Gasteiger partial charge in [-0.25, -0.2) is 4.39 Å². The summed E-state index contributed by atoms with van der Waals surface area (Å²) in [6, 6.07) is 11.4. The number of amides is 1. The van der Waals surface area contributed by atoms with Crippen LogP contribution in [0.4, 0.5) is 15.8 Å². The molecule has 0 radical (unpaired) electrons. The van der Waals surface area contributed by atoms with E-state index in [4.69, 9.17) is 0 Å². The van der Waals surface area contributed by atoms with Crippen molar-refractivity contribution in [3.8, 4) is 0 Å². The minimum atomic E-state index is -0.467. The van der Waals surface area contributed by atoms with Gasteiger partial charge in [0.05, 0.1) is 5.69 Å². The van der Waals surface area contributed by atoms with Crippen molar-refractivity contribution in [3.05, 3.63) is 58.3 Å². The highest BCUT2D eigenvalue weighted by Gasteiger charge is 2.09. The quantitative estimate of drug-likeness (QED) is 0.875. The molecular formula is C15H14BrFN2O. The van der Waals surface area contributed by atoms with Crippen LogP contribution in [0.2, 0.25) is 0 Å². The fourth-order valence-electron chi connectivity index (χ4n) is 1.73. The maximum atomic E-state index is 13.6. The second kappa shape index (κ2) is 6.52. The molecule has 0 saturated carbocycles. The number of halogens is 2. The normalized spacial score (nSPS) is 10.2. The molecule has 0 heterocycles. The average Bonchev–Trinajstić information content (AvgIpc) is 2.44.